The van der Waals surface area contributed by atoms with Crippen LogP contribution in [0.4, 0.5) is 0 Å². The van der Waals surface area contributed by atoms with Crippen LogP contribution in [0, 0.1) is 13.8 Å². The standard InChI is InChI=1S/C17H20N4O2S2/c1-11-9-14(12(2)21(11)7-6-13-5-4-8-24-13)15(22)10-25-17-19-18-16(23)20(17)3/h4-5,8-9H,6-7,10H2,1-3H3,(H,18,23). The predicted molar refractivity (Wildman–Crippen MR) is 101 cm³/mol. The highest BCUT2D eigenvalue weighted by molar-refractivity contribution is 7.99. The van der Waals surface area contributed by atoms with Crippen LogP contribution in [0.2, 0.25) is 0 Å². The molecule has 3 heterocycles. The highest BCUT2D eigenvalue weighted by Gasteiger charge is 2.17. The maximum Gasteiger partial charge on any atom is 0.343 e. The Labute approximate surface area is 153 Å². The molecule has 0 saturated heterocycles. The van der Waals surface area contributed by atoms with Gasteiger partial charge in [-0.15, -0.1) is 16.4 Å². The van der Waals surface area contributed by atoms with Gasteiger partial charge in [0.1, 0.15) is 0 Å². The van der Waals surface area contributed by atoms with Crippen molar-refractivity contribution in [2.75, 3.05) is 5.75 Å². The summed E-state index contributed by atoms with van der Waals surface area (Å²) in [5.74, 6) is 0.309. The maximum absolute atomic E-state index is 12.6. The van der Waals surface area contributed by atoms with E-state index in [0.29, 0.717) is 5.16 Å². The summed E-state index contributed by atoms with van der Waals surface area (Å²) >= 11 is 3.02. The SMILES string of the molecule is Cc1cc(C(=O)CSc2n[nH]c(=O)n2C)c(C)n1CCc1cccs1. The molecule has 0 fully saturated rings. The molecular weight excluding hydrogens is 356 g/mol. The Hall–Kier alpha value is -2.06. The summed E-state index contributed by atoms with van der Waals surface area (Å²) in [6.07, 6.45) is 0.964. The summed E-state index contributed by atoms with van der Waals surface area (Å²) < 4.78 is 3.60. The van der Waals surface area contributed by atoms with Gasteiger partial charge in [0.15, 0.2) is 10.9 Å². The molecule has 0 atom stereocenters. The van der Waals surface area contributed by atoms with E-state index >= 15 is 0 Å². The molecule has 0 spiro atoms. The minimum absolute atomic E-state index is 0.0518. The largest absolute Gasteiger partial charge is 0.348 e. The number of Topliss-reactive ketones (excluding diaryl/α,β-unsaturated/α-hetero) is 1. The predicted octanol–water partition coefficient (Wildman–Crippen LogP) is 2.81. The van der Waals surface area contributed by atoms with E-state index in [9.17, 15) is 9.59 Å². The highest BCUT2D eigenvalue weighted by Crippen LogP contribution is 2.21. The number of aryl methyl sites for hydroxylation is 2. The molecule has 25 heavy (non-hydrogen) atoms. The summed E-state index contributed by atoms with van der Waals surface area (Å²) in [7, 11) is 1.63. The van der Waals surface area contributed by atoms with Crippen LogP contribution in [-0.2, 0) is 20.0 Å². The number of carbonyl (C=O) groups is 1. The first-order valence-electron chi connectivity index (χ1n) is 7.94. The molecule has 0 aliphatic carbocycles. The fourth-order valence-electron chi connectivity index (χ4n) is 2.77. The molecule has 3 aromatic heterocycles. The van der Waals surface area contributed by atoms with Crippen LogP contribution in [0.5, 0.6) is 0 Å². The highest BCUT2D eigenvalue weighted by atomic mass is 32.2. The Morgan fingerprint density at radius 3 is 2.84 bits per heavy atom. The molecule has 0 bridgehead atoms. The van der Waals surface area contributed by atoms with Crippen molar-refractivity contribution in [2.24, 2.45) is 7.05 Å². The Bertz CT molecular complexity index is 935. The molecule has 0 saturated carbocycles. The van der Waals surface area contributed by atoms with E-state index in [-0.39, 0.29) is 17.2 Å². The van der Waals surface area contributed by atoms with Crippen LogP contribution in [0.25, 0.3) is 0 Å². The number of aromatic amines is 1. The number of hydrogen-bond acceptors (Lipinski definition) is 5. The monoisotopic (exact) mass is 376 g/mol. The van der Waals surface area contributed by atoms with Crippen molar-refractivity contribution in [1.82, 2.24) is 19.3 Å². The summed E-state index contributed by atoms with van der Waals surface area (Å²) in [6.45, 7) is 4.89. The van der Waals surface area contributed by atoms with Crippen molar-refractivity contribution in [1.29, 1.82) is 0 Å². The van der Waals surface area contributed by atoms with Gasteiger partial charge in [-0.05, 0) is 37.8 Å². The number of hydrogen-bond donors (Lipinski definition) is 1. The lowest BCUT2D eigenvalue weighted by Gasteiger charge is -2.09. The smallest absolute Gasteiger partial charge is 0.343 e. The minimum Gasteiger partial charge on any atom is -0.348 e. The van der Waals surface area contributed by atoms with Crippen molar-refractivity contribution in [3.05, 3.63) is 55.9 Å². The first-order valence-corrected chi connectivity index (χ1v) is 9.80. The maximum atomic E-state index is 12.6. The third-order valence-electron chi connectivity index (χ3n) is 4.21. The van der Waals surface area contributed by atoms with E-state index in [1.807, 2.05) is 19.9 Å². The number of carbonyl (C=O) groups excluding carboxylic acids is 1. The molecule has 0 aliphatic rings. The number of aromatic nitrogens is 4. The summed E-state index contributed by atoms with van der Waals surface area (Å²) in [5, 5.41) is 8.89. The Kier molecular flexibility index (Phi) is 5.29. The normalized spacial score (nSPS) is 11.2. The Morgan fingerprint density at radius 2 is 2.20 bits per heavy atom. The van der Waals surface area contributed by atoms with Gasteiger partial charge in [0.25, 0.3) is 0 Å². The quantitative estimate of drug-likeness (QED) is 0.508. The second-order valence-electron chi connectivity index (χ2n) is 5.85. The molecule has 0 radical (unpaired) electrons. The molecule has 0 amide bonds. The number of nitrogens with zero attached hydrogens (tertiary/aromatic N) is 3. The van der Waals surface area contributed by atoms with Crippen molar-refractivity contribution in [3.63, 3.8) is 0 Å². The molecular formula is C17H20N4O2S2. The molecule has 3 aromatic rings. The average Bonchev–Trinajstić information content (AvgIpc) is 3.28. The van der Waals surface area contributed by atoms with E-state index in [1.165, 1.54) is 21.2 Å². The lowest BCUT2D eigenvalue weighted by Crippen LogP contribution is -2.13. The number of nitrogens with one attached hydrogen (secondary N) is 1. The molecule has 0 aromatic carbocycles. The molecule has 1 N–H and O–H groups in total. The number of H-pyrrole nitrogens is 1. The molecule has 3 rings (SSSR count). The van der Waals surface area contributed by atoms with Crippen LogP contribution in [0.3, 0.4) is 0 Å². The van der Waals surface area contributed by atoms with Gasteiger partial charge < -0.3 is 4.57 Å². The van der Waals surface area contributed by atoms with Gasteiger partial charge in [-0.1, -0.05) is 17.8 Å². The van der Waals surface area contributed by atoms with Gasteiger partial charge in [0.05, 0.1) is 5.75 Å². The molecule has 0 unspecified atom stereocenters. The van der Waals surface area contributed by atoms with Gasteiger partial charge in [0, 0.05) is 35.4 Å². The van der Waals surface area contributed by atoms with Crippen molar-refractivity contribution in [2.45, 2.75) is 32.0 Å². The summed E-state index contributed by atoms with van der Waals surface area (Å²) in [5.41, 5.74) is 2.56. The molecule has 0 aliphatic heterocycles. The minimum atomic E-state index is -0.276. The zero-order chi connectivity index (χ0) is 18.0. The van der Waals surface area contributed by atoms with Crippen LogP contribution in [-0.4, -0.2) is 30.9 Å². The second kappa shape index (κ2) is 7.45. The van der Waals surface area contributed by atoms with Gasteiger partial charge in [0.2, 0.25) is 0 Å². The Morgan fingerprint density at radius 1 is 1.40 bits per heavy atom. The third kappa shape index (κ3) is 3.80. The lowest BCUT2D eigenvalue weighted by molar-refractivity contribution is 0.102. The van der Waals surface area contributed by atoms with Crippen molar-refractivity contribution in [3.8, 4) is 0 Å². The van der Waals surface area contributed by atoms with Crippen molar-refractivity contribution >= 4 is 28.9 Å². The van der Waals surface area contributed by atoms with Gasteiger partial charge in [-0.2, -0.15) is 0 Å². The number of thiophene rings is 1. The lowest BCUT2D eigenvalue weighted by atomic mass is 10.2. The van der Waals surface area contributed by atoms with Crippen LogP contribution in [0.15, 0.2) is 33.5 Å². The third-order valence-corrected chi connectivity index (χ3v) is 6.17. The second-order valence-corrected chi connectivity index (χ2v) is 7.82. The molecule has 8 heteroatoms. The van der Waals surface area contributed by atoms with E-state index in [4.69, 9.17) is 0 Å². The summed E-state index contributed by atoms with van der Waals surface area (Å²) in [4.78, 5) is 25.3. The number of thioether (sulfide) groups is 1. The van der Waals surface area contributed by atoms with Gasteiger partial charge in [-0.3, -0.25) is 9.36 Å². The van der Waals surface area contributed by atoms with Crippen LogP contribution >= 0.6 is 23.1 Å². The first-order chi connectivity index (χ1) is 12.0. The van der Waals surface area contributed by atoms with E-state index in [1.54, 1.807) is 18.4 Å². The first kappa shape index (κ1) is 17.8. The fourth-order valence-corrected chi connectivity index (χ4v) is 4.27. The fraction of sp³-hybridized carbons (Fsp3) is 0.353. The van der Waals surface area contributed by atoms with E-state index in [2.05, 4.69) is 32.3 Å². The summed E-state index contributed by atoms with van der Waals surface area (Å²) in [6, 6.07) is 6.15. The van der Waals surface area contributed by atoms with Crippen LogP contribution < -0.4 is 5.69 Å². The average molecular weight is 377 g/mol. The van der Waals surface area contributed by atoms with Crippen LogP contribution in [0.1, 0.15) is 26.6 Å². The van der Waals surface area contributed by atoms with E-state index in [0.717, 1.165) is 29.9 Å². The van der Waals surface area contributed by atoms with Gasteiger partial charge >= 0.3 is 5.69 Å². The van der Waals surface area contributed by atoms with Crippen molar-refractivity contribution < 1.29 is 4.79 Å². The van der Waals surface area contributed by atoms with Gasteiger partial charge in [-0.25, -0.2) is 9.89 Å². The zero-order valence-electron chi connectivity index (χ0n) is 14.4. The molecule has 6 nitrogen and oxygen atoms in total. The molecule has 132 valence electrons. The Balaban J connectivity index is 1.69. The topological polar surface area (TPSA) is 72.7 Å². The zero-order valence-corrected chi connectivity index (χ0v) is 16.0. The van der Waals surface area contributed by atoms with E-state index < -0.39 is 0 Å². The number of rotatable bonds is 7. The number of ketones is 1.